The highest BCUT2D eigenvalue weighted by Crippen LogP contribution is 2.29. The van der Waals surface area contributed by atoms with Crippen molar-refractivity contribution in [3.8, 4) is 0 Å². The largest absolute Gasteiger partial charge is 0.366 e. The molecular weight excluding hydrogens is 324 g/mol. The maximum absolute atomic E-state index is 6.12. The molecule has 1 unspecified atom stereocenters. The molecule has 4 rings (SSSR count). The van der Waals surface area contributed by atoms with E-state index in [2.05, 4.69) is 27.5 Å². The van der Waals surface area contributed by atoms with Crippen LogP contribution < -0.4 is 10.6 Å². The normalized spacial score (nSPS) is 27.6. The van der Waals surface area contributed by atoms with Gasteiger partial charge in [-0.2, -0.15) is 0 Å². The second-order valence-electron chi connectivity index (χ2n) is 6.07. The van der Waals surface area contributed by atoms with Crippen molar-refractivity contribution in [2.24, 2.45) is 4.99 Å². The van der Waals surface area contributed by atoms with E-state index in [1.807, 2.05) is 29.5 Å². The highest BCUT2D eigenvalue weighted by molar-refractivity contribution is 6.31. The molecule has 2 N–H and O–H groups in total. The predicted molar refractivity (Wildman–Crippen MR) is 95.6 cm³/mol. The minimum atomic E-state index is 0.0711. The first-order valence-corrected chi connectivity index (χ1v) is 8.52. The van der Waals surface area contributed by atoms with E-state index in [1.165, 1.54) is 0 Å². The van der Waals surface area contributed by atoms with Crippen molar-refractivity contribution >= 4 is 28.8 Å². The van der Waals surface area contributed by atoms with Gasteiger partial charge in [0.25, 0.3) is 0 Å². The number of hydrogen-bond donors (Lipinski definition) is 2. The molecule has 24 heavy (non-hydrogen) atoms. The number of aliphatic imine (C=N–C) groups is 1. The lowest BCUT2D eigenvalue weighted by Gasteiger charge is -2.26. The fraction of sp³-hybridized carbons (Fsp3) is 0.353. The summed E-state index contributed by atoms with van der Waals surface area (Å²) in [4.78, 5) is 15.8. The summed E-state index contributed by atoms with van der Waals surface area (Å²) in [5.41, 5.74) is 2.85. The van der Waals surface area contributed by atoms with Crippen molar-refractivity contribution in [1.29, 1.82) is 0 Å². The van der Waals surface area contributed by atoms with Crippen LogP contribution in [0, 0.1) is 0 Å². The Hall–Kier alpha value is -2.18. The highest BCUT2D eigenvalue weighted by Gasteiger charge is 2.26. The fourth-order valence-electron chi connectivity index (χ4n) is 3.09. The number of fused-ring (bicyclic) bond motifs is 1. The topological polar surface area (TPSA) is 65.4 Å². The summed E-state index contributed by atoms with van der Waals surface area (Å²) in [7, 11) is 0. The van der Waals surface area contributed by atoms with Crippen molar-refractivity contribution in [3.63, 3.8) is 0 Å². The first kappa shape index (κ1) is 15.4. The van der Waals surface area contributed by atoms with Crippen LogP contribution in [0.2, 0.25) is 0 Å². The molecule has 124 valence electrons. The number of nitrogens with one attached hydrogen (secondary N) is 2. The summed E-state index contributed by atoms with van der Waals surface area (Å²) in [5.74, 6) is 0.644. The second-order valence-corrected chi connectivity index (χ2v) is 6.50. The summed E-state index contributed by atoms with van der Waals surface area (Å²) >= 11 is 6.12. The van der Waals surface area contributed by atoms with E-state index in [1.54, 1.807) is 12.4 Å². The van der Waals surface area contributed by atoms with Crippen LogP contribution in [0.25, 0.3) is 5.70 Å². The third-order valence-electron chi connectivity index (χ3n) is 4.37. The molecule has 3 aliphatic rings. The number of aromatic nitrogens is 2. The summed E-state index contributed by atoms with van der Waals surface area (Å²) in [6.07, 6.45) is 13.4. The third-order valence-corrected chi connectivity index (χ3v) is 4.59. The van der Waals surface area contributed by atoms with E-state index in [4.69, 9.17) is 16.6 Å². The zero-order valence-corrected chi connectivity index (χ0v) is 14.2. The van der Waals surface area contributed by atoms with Crippen LogP contribution in [-0.2, 0) is 0 Å². The molecule has 1 aromatic heterocycles. The molecule has 6 nitrogen and oxygen atoms in total. The number of rotatable bonds is 2. The molecule has 1 aromatic rings. The van der Waals surface area contributed by atoms with Gasteiger partial charge >= 0.3 is 0 Å². The zero-order chi connectivity index (χ0) is 16.5. The molecule has 1 saturated heterocycles. The molecule has 7 heteroatoms. The summed E-state index contributed by atoms with van der Waals surface area (Å²) in [5, 5.41) is 7.41. The second kappa shape index (κ2) is 6.37. The minimum absolute atomic E-state index is 0.0711. The van der Waals surface area contributed by atoms with Crippen LogP contribution in [0.1, 0.15) is 25.5 Å². The molecule has 0 aromatic carbocycles. The monoisotopic (exact) mass is 342 g/mol. The molecule has 1 fully saturated rings. The van der Waals surface area contributed by atoms with Gasteiger partial charge in [0.2, 0.25) is 0 Å². The van der Waals surface area contributed by atoms with Gasteiger partial charge < -0.3 is 15.5 Å². The number of halogens is 1. The van der Waals surface area contributed by atoms with Gasteiger partial charge in [0.05, 0.1) is 23.1 Å². The Morgan fingerprint density at radius 3 is 3.17 bits per heavy atom. The fourth-order valence-corrected chi connectivity index (χ4v) is 3.27. The van der Waals surface area contributed by atoms with E-state index in [0.29, 0.717) is 10.9 Å². The Balaban J connectivity index is 1.62. The minimum Gasteiger partial charge on any atom is -0.366 e. The van der Waals surface area contributed by atoms with Crippen molar-refractivity contribution in [2.45, 2.75) is 32.0 Å². The SMILES string of the molecule is C[C@H]1NCCCC1=Nc1cncc(C2=CNC3C=CC(Cl)=CN23)n1. The first-order chi connectivity index (χ1) is 11.7. The van der Waals surface area contributed by atoms with Gasteiger partial charge in [-0.05, 0) is 38.5 Å². The molecule has 0 spiro atoms. The van der Waals surface area contributed by atoms with E-state index in [9.17, 15) is 0 Å². The van der Waals surface area contributed by atoms with Crippen LogP contribution in [0.4, 0.5) is 5.82 Å². The Kier molecular flexibility index (Phi) is 4.08. The predicted octanol–water partition coefficient (Wildman–Crippen LogP) is 2.50. The van der Waals surface area contributed by atoms with Gasteiger partial charge in [-0.15, -0.1) is 0 Å². The lowest BCUT2D eigenvalue weighted by atomic mass is 10.0. The average Bonchev–Trinajstić information content (AvgIpc) is 3.00. The molecule has 0 radical (unpaired) electrons. The maximum Gasteiger partial charge on any atom is 0.171 e. The van der Waals surface area contributed by atoms with Crippen LogP contribution in [0.5, 0.6) is 0 Å². The summed E-state index contributed by atoms with van der Waals surface area (Å²) in [6.45, 7) is 3.18. The lowest BCUT2D eigenvalue weighted by Crippen LogP contribution is -2.39. The van der Waals surface area contributed by atoms with Crippen LogP contribution in [-0.4, -0.2) is 39.3 Å². The van der Waals surface area contributed by atoms with E-state index >= 15 is 0 Å². The molecule has 0 bridgehead atoms. The molecular formula is C17H19ClN6. The molecule has 0 amide bonds. The summed E-state index contributed by atoms with van der Waals surface area (Å²) in [6, 6.07) is 0.287. The molecule has 0 saturated carbocycles. The molecule has 4 heterocycles. The number of piperidine rings is 1. The Labute approximate surface area is 146 Å². The molecule has 3 aliphatic heterocycles. The third kappa shape index (κ3) is 2.95. The number of allylic oxidation sites excluding steroid dienone is 2. The first-order valence-electron chi connectivity index (χ1n) is 8.14. The van der Waals surface area contributed by atoms with Crippen LogP contribution in [0.15, 0.2) is 47.0 Å². The quantitative estimate of drug-likeness (QED) is 0.864. The van der Waals surface area contributed by atoms with Crippen molar-refractivity contribution in [3.05, 3.63) is 47.7 Å². The summed E-state index contributed by atoms with van der Waals surface area (Å²) < 4.78 is 0. The van der Waals surface area contributed by atoms with Crippen molar-refractivity contribution < 1.29 is 0 Å². The standard InChI is InChI=1S/C17H19ClN6/c1-11-13(3-2-6-20-11)22-16-9-19-7-14(23-16)15-8-21-17-5-4-12(18)10-24(15)17/h4-5,7-11,17,20-21H,2-3,6H2,1H3/t11-,17?/m1/s1. The Bertz CT molecular complexity index is 766. The highest BCUT2D eigenvalue weighted by atomic mass is 35.5. The van der Waals surface area contributed by atoms with E-state index in [-0.39, 0.29) is 12.2 Å². The maximum atomic E-state index is 6.12. The van der Waals surface area contributed by atoms with Gasteiger partial charge in [-0.3, -0.25) is 4.98 Å². The van der Waals surface area contributed by atoms with E-state index in [0.717, 1.165) is 36.5 Å². The lowest BCUT2D eigenvalue weighted by molar-refractivity contribution is 0.439. The van der Waals surface area contributed by atoms with Crippen molar-refractivity contribution in [1.82, 2.24) is 25.5 Å². The van der Waals surface area contributed by atoms with Gasteiger partial charge in [-0.25, -0.2) is 9.98 Å². The Morgan fingerprint density at radius 2 is 2.29 bits per heavy atom. The van der Waals surface area contributed by atoms with Crippen molar-refractivity contribution in [2.75, 3.05) is 6.54 Å². The number of hydrogen-bond acceptors (Lipinski definition) is 6. The van der Waals surface area contributed by atoms with Gasteiger partial charge in [-0.1, -0.05) is 11.6 Å². The van der Waals surface area contributed by atoms with Gasteiger partial charge in [0.1, 0.15) is 11.9 Å². The van der Waals surface area contributed by atoms with Gasteiger partial charge in [0, 0.05) is 24.2 Å². The van der Waals surface area contributed by atoms with E-state index < -0.39 is 0 Å². The zero-order valence-electron chi connectivity index (χ0n) is 13.4. The molecule has 2 atom stereocenters. The van der Waals surface area contributed by atoms with Gasteiger partial charge in [0.15, 0.2) is 5.82 Å². The number of nitrogens with zero attached hydrogens (tertiary/aromatic N) is 4. The van der Waals surface area contributed by atoms with Crippen LogP contribution in [0.3, 0.4) is 0 Å². The van der Waals surface area contributed by atoms with Crippen LogP contribution >= 0.6 is 11.6 Å². The smallest absolute Gasteiger partial charge is 0.171 e. The average molecular weight is 343 g/mol. The Morgan fingerprint density at radius 1 is 1.38 bits per heavy atom. The molecule has 0 aliphatic carbocycles.